The standard InChI is InChI=1S/C48H30N2O/c1-3-12-31(13-4-1)36-18-11-21-47-48(36)41-30-35(24-27-46(41)51-47)50-43-20-10-8-17-38(43)40-29-33(23-26-45(40)50)32-22-25-44-39(28-32)37-16-7-9-19-42(37)49(44)34-14-5-2-6-15-34/h1-30H/i1D,3D,4D,7D,8D,9D,10D,12D,13D,16D,17D,19D,20D. The molecular formula is C48H30N2O. The highest BCUT2D eigenvalue weighted by atomic mass is 16.3. The van der Waals surface area contributed by atoms with Crippen LogP contribution >= 0.6 is 0 Å². The van der Waals surface area contributed by atoms with E-state index in [4.69, 9.17) is 19.5 Å². The minimum absolute atomic E-state index is 0.0198. The smallest absolute Gasteiger partial charge is 0.136 e. The van der Waals surface area contributed by atoms with Gasteiger partial charge in [-0.25, -0.2) is 0 Å². The Balaban J connectivity index is 1.17. The van der Waals surface area contributed by atoms with Gasteiger partial charge in [-0.2, -0.15) is 0 Å². The lowest BCUT2D eigenvalue weighted by Crippen LogP contribution is -1.93. The number of benzene rings is 8. The second kappa shape index (κ2) is 10.8. The lowest BCUT2D eigenvalue weighted by atomic mass is 9.99. The summed E-state index contributed by atoms with van der Waals surface area (Å²) in [5.41, 5.74) is 5.76. The summed E-state index contributed by atoms with van der Waals surface area (Å²) in [6, 6.07) is 26.6. The maximum atomic E-state index is 9.20. The number of nitrogens with zero attached hydrogens (tertiary/aromatic N) is 2. The maximum absolute atomic E-state index is 9.20. The molecule has 0 N–H and O–H groups in total. The summed E-state index contributed by atoms with van der Waals surface area (Å²) in [6.07, 6.45) is 0. The van der Waals surface area contributed by atoms with Crippen molar-refractivity contribution >= 4 is 65.6 Å². The summed E-state index contributed by atoms with van der Waals surface area (Å²) in [7, 11) is 0. The largest absolute Gasteiger partial charge is 0.456 e. The molecule has 8 aromatic carbocycles. The minimum atomic E-state index is -0.503. The number of para-hydroxylation sites is 3. The molecule has 0 saturated carbocycles. The van der Waals surface area contributed by atoms with Gasteiger partial charge in [0.15, 0.2) is 0 Å². The van der Waals surface area contributed by atoms with E-state index in [1.807, 2.05) is 77.4 Å². The third-order valence-electron chi connectivity index (χ3n) is 9.65. The Bertz CT molecular complexity index is 3860. The molecule has 0 spiro atoms. The van der Waals surface area contributed by atoms with Crippen LogP contribution in [-0.4, -0.2) is 9.13 Å². The molecule has 0 aliphatic rings. The van der Waals surface area contributed by atoms with Crippen molar-refractivity contribution in [3.63, 3.8) is 0 Å². The zero-order valence-electron chi connectivity index (χ0n) is 39.6. The molecule has 11 rings (SSSR count). The first kappa shape index (κ1) is 18.2. The Kier molecular flexibility index (Phi) is 3.87. The van der Waals surface area contributed by atoms with Crippen LogP contribution in [0.4, 0.5) is 0 Å². The Morgan fingerprint density at radius 3 is 1.71 bits per heavy atom. The molecule has 0 amide bonds. The van der Waals surface area contributed by atoms with Gasteiger partial charge in [0.2, 0.25) is 0 Å². The molecule has 0 radical (unpaired) electrons. The van der Waals surface area contributed by atoms with E-state index >= 15 is 0 Å². The number of aromatic nitrogens is 2. The monoisotopic (exact) mass is 663 g/mol. The molecule has 0 atom stereocenters. The van der Waals surface area contributed by atoms with E-state index < -0.39 is 30.2 Å². The number of fused-ring (bicyclic) bond motifs is 9. The summed E-state index contributed by atoms with van der Waals surface area (Å²) in [5.74, 6) is 0. The van der Waals surface area contributed by atoms with Crippen molar-refractivity contribution in [1.29, 1.82) is 0 Å². The molecule has 0 fully saturated rings. The molecule has 0 unspecified atom stereocenters. The highest BCUT2D eigenvalue weighted by Crippen LogP contribution is 2.41. The summed E-state index contributed by atoms with van der Waals surface area (Å²) < 4.78 is 123. The van der Waals surface area contributed by atoms with Crippen molar-refractivity contribution in [1.82, 2.24) is 9.13 Å². The van der Waals surface area contributed by atoms with Crippen molar-refractivity contribution in [2.45, 2.75) is 0 Å². The quantitative estimate of drug-likeness (QED) is 0.184. The predicted molar refractivity (Wildman–Crippen MR) is 213 cm³/mol. The van der Waals surface area contributed by atoms with Crippen LogP contribution in [-0.2, 0) is 0 Å². The van der Waals surface area contributed by atoms with Gasteiger partial charge in [-0.05, 0) is 95.0 Å². The predicted octanol–water partition coefficient (Wildman–Crippen LogP) is 13.1. The summed E-state index contributed by atoms with van der Waals surface area (Å²) >= 11 is 0. The first-order chi connectivity index (χ1) is 30.7. The molecule has 0 bridgehead atoms. The Morgan fingerprint density at radius 1 is 0.392 bits per heavy atom. The van der Waals surface area contributed by atoms with Crippen molar-refractivity contribution in [2.24, 2.45) is 0 Å². The van der Waals surface area contributed by atoms with Gasteiger partial charge in [-0.15, -0.1) is 0 Å². The molecule has 3 aromatic heterocycles. The molecule has 3 heteroatoms. The Morgan fingerprint density at radius 2 is 1.02 bits per heavy atom. The average molecular weight is 664 g/mol. The summed E-state index contributed by atoms with van der Waals surface area (Å²) in [4.78, 5) is 0. The maximum Gasteiger partial charge on any atom is 0.136 e. The van der Waals surface area contributed by atoms with Crippen molar-refractivity contribution in [3.05, 3.63) is 182 Å². The van der Waals surface area contributed by atoms with Crippen LogP contribution in [0.15, 0.2) is 186 Å². The number of rotatable bonds is 4. The molecular weight excluding hydrogens is 621 g/mol. The lowest BCUT2D eigenvalue weighted by molar-refractivity contribution is 0.669. The highest BCUT2D eigenvalue weighted by Gasteiger charge is 2.18. The van der Waals surface area contributed by atoms with Gasteiger partial charge in [-0.1, -0.05) is 109 Å². The van der Waals surface area contributed by atoms with Gasteiger partial charge in [0.1, 0.15) is 11.2 Å². The van der Waals surface area contributed by atoms with E-state index in [9.17, 15) is 2.74 Å². The second-order valence-corrected chi connectivity index (χ2v) is 12.4. The van der Waals surface area contributed by atoms with Crippen LogP contribution < -0.4 is 0 Å². The SMILES string of the molecule is [2H]c1c([2H])c([2H])c(-c2cccc3oc4ccc(-n5c6ccc(-c7ccc8c(c7)c7c([2H])c([2H])c([2H])c([2H])c7n8-c7ccccc7)cc6c6c([2H])c([2H])c([2H])c([2H])c65)cc4c23)c([2H])c1[2H]. The van der Waals surface area contributed by atoms with Crippen LogP contribution in [0, 0.1) is 0 Å². The highest BCUT2D eigenvalue weighted by molar-refractivity contribution is 6.15. The minimum Gasteiger partial charge on any atom is -0.456 e. The van der Waals surface area contributed by atoms with Gasteiger partial charge in [0, 0.05) is 43.7 Å². The number of furan rings is 1. The van der Waals surface area contributed by atoms with Crippen LogP contribution in [0.1, 0.15) is 17.8 Å². The molecule has 11 aromatic rings. The van der Waals surface area contributed by atoms with E-state index in [2.05, 4.69) is 0 Å². The Hall–Kier alpha value is -6.84. The first-order valence-electron chi connectivity index (χ1n) is 22.9. The molecule has 51 heavy (non-hydrogen) atoms. The molecule has 238 valence electrons. The lowest BCUT2D eigenvalue weighted by Gasteiger charge is -2.10. The molecule has 3 nitrogen and oxygen atoms in total. The fourth-order valence-corrected chi connectivity index (χ4v) is 7.46. The third kappa shape index (κ3) is 4.19. The van der Waals surface area contributed by atoms with E-state index in [-0.39, 0.29) is 64.8 Å². The van der Waals surface area contributed by atoms with Crippen LogP contribution in [0.25, 0.3) is 99.2 Å². The first-order valence-corrected chi connectivity index (χ1v) is 16.4. The Labute approximate surface area is 312 Å². The number of hydrogen-bond donors (Lipinski definition) is 0. The second-order valence-electron chi connectivity index (χ2n) is 12.4. The zero-order chi connectivity index (χ0) is 44.8. The van der Waals surface area contributed by atoms with Crippen LogP contribution in [0.3, 0.4) is 0 Å². The van der Waals surface area contributed by atoms with Crippen LogP contribution in [0.2, 0.25) is 0 Å². The fraction of sp³-hybridized carbons (Fsp3) is 0. The average Bonchev–Trinajstić information content (AvgIpc) is 3.98. The van der Waals surface area contributed by atoms with Crippen molar-refractivity contribution in [3.8, 4) is 33.6 Å². The normalized spacial score (nSPS) is 15.5. The van der Waals surface area contributed by atoms with E-state index in [0.717, 1.165) is 5.69 Å². The van der Waals surface area contributed by atoms with Crippen molar-refractivity contribution < 1.29 is 22.2 Å². The van der Waals surface area contributed by atoms with Gasteiger partial charge in [0.25, 0.3) is 0 Å². The van der Waals surface area contributed by atoms with Gasteiger partial charge in [0.05, 0.1) is 39.9 Å². The van der Waals surface area contributed by atoms with E-state index in [1.54, 1.807) is 34.9 Å². The van der Waals surface area contributed by atoms with E-state index in [0.29, 0.717) is 77.0 Å². The topological polar surface area (TPSA) is 23.0 Å². The van der Waals surface area contributed by atoms with Crippen molar-refractivity contribution in [2.75, 3.05) is 0 Å². The molecule has 0 aliphatic carbocycles. The summed E-state index contributed by atoms with van der Waals surface area (Å²) in [6.45, 7) is 0. The molecule has 3 heterocycles. The fourth-order valence-electron chi connectivity index (χ4n) is 7.46. The van der Waals surface area contributed by atoms with Crippen LogP contribution in [0.5, 0.6) is 0 Å². The number of hydrogen-bond acceptors (Lipinski definition) is 1. The third-order valence-corrected chi connectivity index (χ3v) is 9.65. The van der Waals surface area contributed by atoms with E-state index in [1.165, 1.54) is 0 Å². The summed E-state index contributed by atoms with van der Waals surface area (Å²) in [5, 5.41) is 2.87. The van der Waals surface area contributed by atoms with Gasteiger partial charge < -0.3 is 13.6 Å². The van der Waals surface area contributed by atoms with Gasteiger partial charge >= 0.3 is 0 Å². The zero-order valence-corrected chi connectivity index (χ0v) is 26.6. The molecule has 0 saturated heterocycles. The molecule has 0 aliphatic heterocycles. The van der Waals surface area contributed by atoms with Gasteiger partial charge in [-0.3, -0.25) is 0 Å².